The molecule has 0 unspecified atom stereocenters. The molecule has 0 spiro atoms. The molecule has 0 aliphatic heterocycles. The van der Waals surface area contributed by atoms with Gasteiger partial charge in [-0.3, -0.25) is 4.79 Å². The van der Waals surface area contributed by atoms with Crippen molar-refractivity contribution in [2.45, 2.75) is 24.3 Å². The van der Waals surface area contributed by atoms with Crippen LogP contribution < -0.4 is 10.6 Å². The largest absolute Gasteiger partial charge is 0.352 e. The van der Waals surface area contributed by atoms with E-state index in [2.05, 4.69) is 10.6 Å². The molecule has 0 saturated heterocycles. The molecule has 22 heavy (non-hydrogen) atoms. The highest BCUT2D eigenvalue weighted by Gasteiger charge is 2.20. The van der Waals surface area contributed by atoms with E-state index in [0.717, 1.165) is 13.0 Å². The van der Waals surface area contributed by atoms with Gasteiger partial charge in [0, 0.05) is 27.1 Å². The molecule has 0 saturated carbocycles. The van der Waals surface area contributed by atoms with E-state index in [-0.39, 0.29) is 29.8 Å². The van der Waals surface area contributed by atoms with Gasteiger partial charge in [0.05, 0.1) is 4.90 Å². The molecule has 0 aliphatic rings. The Kier molecular flexibility index (Phi) is 9.27. The molecule has 0 heterocycles. The monoisotopic (exact) mass is 349 g/mol. The average Bonchev–Trinajstić information content (AvgIpc) is 2.45. The highest BCUT2D eigenvalue weighted by Crippen LogP contribution is 2.18. The fourth-order valence-electron chi connectivity index (χ4n) is 1.81. The molecule has 0 radical (unpaired) electrons. The van der Waals surface area contributed by atoms with Crippen molar-refractivity contribution in [3.63, 3.8) is 0 Å². The Hall–Kier alpha value is -1.15. The maximum atomic E-state index is 12.2. The SMILES string of the molecule is CNCCCC(=O)NCc1ccccc1S(=O)(=O)N(C)C.Cl. The number of carbonyl (C=O) groups excluding carboxylic acids is 1. The zero-order chi connectivity index (χ0) is 15.9. The number of sulfonamides is 1. The minimum atomic E-state index is -3.50. The van der Waals surface area contributed by atoms with Crippen LogP contribution in [0, 0.1) is 0 Å². The van der Waals surface area contributed by atoms with Crippen LogP contribution in [0.1, 0.15) is 18.4 Å². The molecule has 1 aromatic rings. The van der Waals surface area contributed by atoms with Gasteiger partial charge in [0.2, 0.25) is 15.9 Å². The Morgan fingerprint density at radius 3 is 2.45 bits per heavy atom. The van der Waals surface area contributed by atoms with Crippen LogP contribution in [0.15, 0.2) is 29.2 Å². The summed E-state index contributed by atoms with van der Waals surface area (Å²) in [7, 11) is 1.31. The quantitative estimate of drug-likeness (QED) is 0.686. The average molecular weight is 350 g/mol. The van der Waals surface area contributed by atoms with Crippen molar-refractivity contribution in [1.29, 1.82) is 0 Å². The summed E-state index contributed by atoms with van der Waals surface area (Å²) in [6, 6.07) is 6.70. The number of hydrogen-bond donors (Lipinski definition) is 2. The van der Waals surface area contributed by atoms with Gasteiger partial charge in [0.25, 0.3) is 0 Å². The van der Waals surface area contributed by atoms with Crippen LogP contribution in [-0.2, 0) is 21.4 Å². The predicted molar refractivity (Wildman–Crippen MR) is 89.6 cm³/mol. The molecule has 0 aromatic heterocycles. The first-order chi connectivity index (χ1) is 9.89. The minimum Gasteiger partial charge on any atom is -0.352 e. The number of carbonyl (C=O) groups is 1. The lowest BCUT2D eigenvalue weighted by Gasteiger charge is -2.15. The topological polar surface area (TPSA) is 78.5 Å². The Labute approximate surface area is 138 Å². The van der Waals surface area contributed by atoms with E-state index in [0.29, 0.717) is 12.0 Å². The van der Waals surface area contributed by atoms with Crippen LogP contribution in [0.5, 0.6) is 0 Å². The van der Waals surface area contributed by atoms with E-state index in [1.807, 2.05) is 7.05 Å². The van der Waals surface area contributed by atoms with Crippen molar-refractivity contribution >= 4 is 28.3 Å². The van der Waals surface area contributed by atoms with Gasteiger partial charge in [-0.2, -0.15) is 0 Å². The first kappa shape index (κ1) is 20.9. The summed E-state index contributed by atoms with van der Waals surface area (Å²) >= 11 is 0. The molecule has 1 amide bonds. The Balaban J connectivity index is 0.00000441. The van der Waals surface area contributed by atoms with Gasteiger partial charge in [-0.15, -0.1) is 12.4 Å². The summed E-state index contributed by atoms with van der Waals surface area (Å²) in [6.45, 7) is 0.987. The van der Waals surface area contributed by atoms with E-state index >= 15 is 0 Å². The molecule has 8 heteroatoms. The van der Waals surface area contributed by atoms with Crippen molar-refractivity contribution < 1.29 is 13.2 Å². The van der Waals surface area contributed by atoms with Gasteiger partial charge in [0.1, 0.15) is 0 Å². The third kappa shape index (κ3) is 5.92. The van der Waals surface area contributed by atoms with E-state index < -0.39 is 10.0 Å². The Morgan fingerprint density at radius 2 is 1.86 bits per heavy atom. The number of nitrogens with zero attached hydrogens (tertiary/aromatic N) is 1. The third-order valence-corrected chi connectivity index (χ3v) is 4.95. The van der Waals surface area contributed by atoms with Gasteiger partial charge in [0.15, 0.2) is 0 Å². The maximum Gasteiger partial charge on any atom is 0.242 e. The normalized spacial score (nSPS) is 11.1. The van der Waals surface area contributed by atoms with Gasteiger partial charge >= 0.3 is 0 Å². The van der Waals surface area contributed by atoms with Gasteiger partial charge in [-0.1, -0.05) is 18.2 Å². The second-order valence-electron chi connectivity index (χ2n) is 4.88. The smallest absolute Gasteiger partial charge is 0.242 e. The van der Waals surface area contributed by atoms with Gasteiger partial charge in [-0.25, -0.2) is 12.7 Å². The van der Waals surface area contributed by atoms with Crippen LogP contribution in [0.2, 0.25) is 0 Å². The molecule has 1 aromatic carbocycles. The van der Waals surface area contributed by atoms with E-state index in [1.165, 1.54) is 18.4 Å². The van der Waals surface area contributed by atoms with Crippen molar-refractivity contribution in [2.24, 2.45) is 0 Å². The standard InChI is InChI=1S/C14H23N3O3S.ClH/c1-15-10-6-9-14(18)16-11-12-7-4-5-8-13(12)21(19,20)17(2)3;/h4-5,7-8,15H,6,9-11H2,1-3H3,(H,16,18);1H. The molecule has 6 nitrogen and oxygen atoms in total. The molecular formula is C14H24ClN3O3S. The lowest BCUT2D eigenvalue weighted by Crippen LogP contribution is -2.27. The van der Waals surface area contributed by atoms with Crippen LogP contribution >= 0.6 is 12.4 Å². The van der Waals surface area contributed by atoms with E-state index in [4.69, 9.17) is 0 Å². The number of amides is 1. The van der Waals surface area contributed by atoms with Gasteiger partial charge in [-0.05, 0) is 31.6 Å². The van der Waals surface area contributed by atoms with Crippen LogP contribution in [0.3, 0.4) is 0 Å². The highest BCUT2D eigenvalue weighted by atomic mass is 35.5. The molecule has 126 valence electrons. The fraction of sp³-hybridized carbons (Fsp3) is 0.500. The van der Waals surface area contributed by atoms with Crippen molar-refractivity contribution in [1.82, 2.24) is 14.9 Å². The zero-order valence-electron chi connectivity index (χ0n) is 13.1. The molecule has 1 rings (SSSR count). The summed E-state index contributed by atoms with van der Waals surface area (Å²) < 4.78 is 25.6. The Morgan fingerprint density at radius 1 is 1.23 bits per heavy atom. The highest BCUT2D eigenvalue weighted by molar-refractivity contribution is 7.89. The number of hydrogen-bond acceptors (Lipinski definition) is 4. The number of benzene rings is 1. The summed E-state index contributed by atoms with van der Waals surface area (Å²) in [5, 5.41) is 5.73. The first-order valence-corrected chi connectivity index (χ1v) is 8.25. The van der Waals surface area contributed by atoms with Crippen molar-refractivity contribution in [3.8, 4) is 0 Å². The van der Waals surface area contributed by atoms with Crippen LogP contribution in [0.4, 0.5) is 0 Å². The van der Waals surface area contributed by atoms with E-state index in [1.54, 1.807) is 24.3 Å². The lowest BCUT2D eigenvalue weighted by atomic mass is 10.2. The summed E-state index contributed by atoms with van der Waals surface area (Å²) in [6.07, 6.45) is 1.17. The predicted octanol–water partition coefficient (Wildman–Crippen LogP) is 0.974. The van der Waals surface area contributed by atoms with Crippen molar-refractivity contribution in [2.75, 3.05) is 27.7 Å². The minimum absolute atomic E-state index is 0. The maximum absolute atomic E-state index is 12.2. The summed E-state index contributed by atoms with van der Waals surface area (Å²) in [4.78, 5) is 11.9. The molecule has 0 fully saturated rings. The lowest BCUT2D eigenvalue weighted by molar-refractivity contribution is -0.121. The molecule has 2 N–H and O–H groups in total. The number of nitrogens with one attached hydrogen (secondary N) is 2. The number of rotatable bonds is 8. The zero-order valence-corrected chi connectivity index (χ0v) is 14.8. The molecule has 0 bridgehead atoms. The fourth-order valence-corrected chi connectivity index (χ4v) is 2.92. The van der Waals surface area contributed by atoms with Crippen LogP contribution in [-0.4, -0.2) is 46.3 Å². The van der Waals surface area contributed by atoms with Gasteiger partial charge < -0.3 is 10.6 Å². The Bertz CT molecular complexity index is 576. The molecule has 0 atom stereocenters. The van der Waals surface area contributed by atoms with Crippen molar-refractivity contribution in [3.05, 3.63) is 29.8 Å². The third-order valence-electron chi connectivity index (χ3n) is 3.04. The molecule has 0 aliphatic carbocycles. The number of halogens is 1. The second kappa shape index (κ2) is 9.78. The van der Waals surface area contributed by atoms with E-state index in [9.17, 15) is 13.2 Å². The second-order valence-corrected chi connectivity index (χ2v) is 7.00. The molecular weight excluding hydrogens is 326 g/mol. The summed E-state index contributed by atoms with van der Waals surface area (Å²) in [5.41, 5.74) is 0.591. The van der Waals surface area contributed by atoms with Crippen LogP contribution in [0.25, 0.3) is 0 Å². The summed E-state index contributed by atoms with van der Waals surface area (Å²) in [5.74, 6) is -0.0812. The first-order valence-electron chi connectivity index (χ1n) is 6.81.